The van der Waals surface area contributed by atoms with Crippen molar-refractivity contribution in [2.75, 3.05) is 18.4 Å². The van der Waals surface area contributed by atoms with Crippen molar-refractivity contribution in [3.05, 3.63) is 60.2 Å². The van der Waals surface area contributed by atoms with Gasteiger partial charge in [-0.2, -0.15) is 5.10 Å². The van der Waals surface area contributed by atoms with Crippen LogP contribution in [0.4, 0.5) is 10.2 Å². The molecule has 0 unspecified atom stereocenters. The summed E-state index contributed by atoms with van der Waals surface area (Å²) in [6, 6.07) is 12.3. The molecule has 2 aromatic heterocycles. The number of anilines is 1. The molecule has 0 aliphatic carbocycles. The number of furan rings is 1. The Labute approximate surface area is 139 Å². The van der Waals surface area contributed by atoms with E-state index >= 15 is 0 Å². The first-order valence-corrected chi connectivity index (χ1v) is 8.09. The number of halogens is 1. The second-order valence-electron chi connectivity index (χ2n) is 6.02. The first-order valence-electron chi connectivity index (χ1n) is 8.09. The van der Waals surface area contributed by atoms with Crippen LogP contribution in [0.25, 0.3) is 11.3 Å². The molecular formula is C18H19FN4O. The topological polar surface area (TPSA) is 55.0 Å². The van der Waals surface area contributed by atoms with Crippen molar-refractivity contribution < 1.29 is 8.81 Å². The quantitative estimate of drug-likeness (QED) is 0.756. The van der Waals surface area contributed by atoms with Crippen LogP contribution in [-0.2, 0) is 13.1 Å². The van der Waals surface area contributed by atoms with E-state index < -0.39 is 0 Å². The highest BCUT2D eigenvalue weighted by molar-refractivity contribution is 5.58. The molecule has 0 saturated heterocycles. The number of aromatic nitrogens is 2. The highest BCUT2D eigenvalue weighted by Gasteiger charge is 2.18. The molecule has 0 bridgehead atoms. The minimum Gasteiger partial charge on any atom is -0.460 e. The van der Waals surface area contributed by atoms with Crippen molar-refractivity contribution in [3.63, 3.8) is 0 Å². The van der Waals surface area contributed by atoms with E-state index in [1.54, 1.807) is 18.2 Å². The lowest BCUT2D eigenvalue weighted by Crippen LogP contribution is -2.35. The van der Waals surface area contributed by atoms with Crippen LogP contribution in [0.2, 0.25) is 0 Å². The van der Waals surface area contributed by atoms with Gasteiger partial charge in [-0.15, -0.1) is 0 Å². The van der Waals surface area contributed by atoms with E-state index in [0.29, 0.717) is 23.8 Å². The van der Waals surface area contributed by atoms with Crippen molar-refractivity contribution in [3.8, 4) is 11.3 Å². The van der Waals surface area contributed by atoms with Crippen LogP contribution in [0, 0.1) is 11.7 Å². The van der Waals surface area contributed by atoms with Gasteiger partial charge in [0, 0.05) is 31.6 Å². The predicted octanol–water partition coefficient (Wildman–Crippen LogP) is 3.11. The summed E-state index contributed by atoms with van der Waals surface area (Å²) in [6.07, 6.45) is 1.81. The Morgan fingerprint density at radius 2 is 2.17 bits per heavy atom. The lowest BCUT2D eigenvalue weighted by atomic mass is 10.1. The van der Waals surface area contributed by atoms with Crippen LogP contribution in [0.15, 0.2) is 53.1 Å². The average Bonchev–Trinajstić information content (AvgIpc) is 3.24. The van der Waals surface area contributed by atoms with Gasteiger partial charge >= 0.3 is 0 Å². The number of benzene rings is 1. The number of rotatable bonds is 5. The molecule has 3 heterocycles. The Balaban J connectivity index is 1.32. The van der Waals surface area contributed by atoms with Gasteiger partial charge in [0.05, 0.1) is 18.3 Å². The molecule has 1 atom stereocenters. The zero-order chi connectivity index (χ0) is 16.4. The lowest BCUT2D eigenvalue weighted by molar-refractivity contribution is 0.382. The molecule has 0 saturated carbocycles. The van der Waals surface area contributed by atoms with Crippen molar-refractivity contribution >= 4 is 5.82 Å². The van der Waals surface area contributed by atoms with Gasteiger partial charge in [-0.25, -0.2) is 9.07 Å². The van der Waals surface area contributed by atoms with Gasteiger partial charge in [0.2, 0.25) is 0 Å². The van der Waals surface area contributed by atoms with Crippen LogP contribution in [0.5, 0.6) is 0 Å². The lowest BCUT2D eigenvalue weighted by Gasteiger charge is -2.25. The highest BCUT2D eigenvalue weighted by atomic mass is 19.1. The molecule has 3 aromatic rings. The Hall–Kier alpha value is -2.60. The molecule has 1 aliphatic rings. The average molecular weight is 326 g/mol. The highest BCUT2D eigenvalue weighted by Crippen LogP contribution is 2.24. The minimum atomic E-state index is -0.269. The summed E-state index contributed by atoms with van der Waals surface area (Å²) >= 11 is 0. The van der Waals surface area contributed by atoms with Crippen LogP contribution in [0.3, 0.4) is 0 Å². The molecule has 124 valence electrons. The zero-order valence-corrected chi connectivity index (χ0v) is 13.2. The summed E-state index contributed by atoms with van der Waals surface area (Å²) < 4.78 is 21.5. The van der Waals surface area contributed by atoms with Gasteiger partial charge in [0.1, 0.15) is 23.2 Å². The Morgan fingerprint density at radius 1 is 1.25 bits per heavy atom. The fourth-order valence-corrected chi connectivity index (χ4v) is 3.00. The molecule has 2 N–H and O–H groups in total. The fourth-order valence-electron chi connectivity index (χ4n) is 3.00. The Morgan fingerprint density at radius 3 is 3.08 bits per heavy atom. The number of nitrogens with zero attached hydrogens (tertiary/aromatic N) is 2. The molecule has 4 rings (SSSR count). The van der Waals surface area contributed by atoms with E-state index in [4.69, 9.17) is 4.42 Å². The Bertz CT molecular complexity index is 826. The van der Waals surface area contributed by atoms with Gasteiger partial charge in [-0.1, -0.05) is 12.1 Å². The summed E-state index contributed by atoms with van der Waals surface area (Å²) in [4.78, 5) is 0. The zero-order valence-electron chi connectivity index (χ0n) is 13.2. The third-order valence-corrected chi connectivity index (χ3v) is 4.25. The monoisotopic (exact) mass is 326 g/mol. The Kier molecular flexibility index (Phi) is 4.04. The van der Waals surface area contributed by atoms with E-state index in [9.17, 15) is 4.39 Å². The van der Waals surface area contributed by atoms with Gasteiger partial charge < -0.3 is 15.1 Å². The summed E-state index contributed by atoms with van der Waals surface area (Å²) in [7, 11) is 0. The normalized spacial score (nSPS) is 16.6. The minimum absolute atomic E-state index is 0.269. The van der Waals surface area contributed by atoms with Crippen molar-refractivity contribution in [1.82, 2.24) is 15.1 Å². The van der Waals surface area contributed by atoms with E-state index in [-0.39, 0.29) is 5.82 Å². The van der Waals surface area contributed by atoms with Crippen molar-refractivity contribution in [1.29, 1.82) is 0 Å². The third-order valence-electron chi connectivity index (χ3n) is 4.25. The summed E-state index contributed by atoms with van der Waals surface area (Å²) in [6.45, 7) is 3.32. The second-order valence-corrected chi connectivity index (χ2v) is 6.02. The maximum absolute atomic E-state index is 13.8. The van der Waals surface area contributed by atoms with Gasteiger partial charge in [0.15, 0.2) is 0 Å². The molecule has 6 heteroatoms. The van der Waals surface area contributed by atoms with Gasteiger partial charge in [-0.3, -0.25) is 0 Å². The maximum Gasteiger partial charge on any atom is 0.137 e. The molecule has 5 nitrogen and oxygen atoms in total. The van der Waals surface area contributed by atoms with Crippen molar-refractivity contribution in [2.45, 2.75) is 13.1 Å². The molecule has 24 heavy (non-hydrogen) atoms. The van der Waals surface area contributed by atoms with Crippen LogP contribution >= 0.6 is 0 Å². The maximum atomic E-state index is 13.8. The molecule has 0 radical (unpaired) electrons. The second kappa shape index (κ2) is 6.49. The largest absolute Gasteiger partial charge is 0.460 e. The summed E-state index contributed by atoms with van der Waals surface area (Å²) in [5.74, 6) is 2.64. The van der Waals surface area contributed by atoms with Gasteiger partial charge in [-0.05, 0) is 24.3 Å². The third kappa shape index (κ3) is 3.05. The molecule has 1 aromatic carbocycles. The fraction of sp³-hybridized carbons (Fsp3) is 0.278. The molecule has 0 amide bonds. The molecule has 0 spiro atoms. The van der Waals surface area contributed by atoms with Crippen LogP contribution < -0.4 is 10.6 Å². The van der Waals surface area contributed by atoms with Crippen LogP contribution in [0.1, 0.15) is 5.76 Å². The van der Waals surface area contributed by atoms with E-state index in [0.717, 1.165) is 31.2 Å². The first kappa shape index (κ1) is 15.0. The molecule has 0 fully saturated rings. The molecule has 1 aliphatic heterocycles. The van der Waals surface area contributed by atoms with Crippen molar-refractivity contribution in [2.24, 2.45) is 5.92 Å². The van der Waals surface area contributed by atoms with Crippen LogP contribution in [-0.4, -0.2) is 22.9 Å². The SMILES string of the molecule is Fc1ccccc1-c1ccc(CNC[C@H]2CNc3ccnn3C2)o1. The van der Waals surface area contributed by atoms with E-state index in [1.165, 1.54) is 6.07 Å². The number of hydrogen-bond acceptors (Lipinski definition) is 4. The van der Waals surface area contributed by atoms with E-state index in [1.807, 2.05) is 29.1 Å². The first-order chi connectivity index (χ1) is 11.8. The summed E-state index contributed by atoms with van der Waals surface area (Å²) in [5, 5.41) is 11.1. The number of nitrogens with one attached hydrogen (secondary N) is 2. The summed E-state index contributed by atoms with van der Waals surface area (Å²) in [5.41, 5.74) is 0.492. The number of fused-ring (bicyclic) bond motifs is 1. The van der Waals surface area contributed by atoms with Gasteiger partial charge in [0.25, 0.3) is 0 Å². The van der Waals surface area contributed by atoms with E-state index in [2.05, 4.69) is 15.7 Å². The predicted molar refractivity (Wildman–Crippen MR) is 90.0 cm³/mol. The molecular weight excluding hydrogens is 307 g/mol. The number of hydrogen-bond donors (Lipinski definition) is 2. The smallest absolute Gasteiger partial charge is 0.137 e. The standard InChI is InChI=1S/C18H19FN4O/c19-16-4-2-1-3-15(16)17-6-5-14(24-17)11-20-9-13-10-21-18-7-8-22-23(18)12-13/h1-8,13,20-21H,9-12H2/t13-/m0/s1.